The predicted molar refractivity (Wildman–Crippen MR) is 95.3 cm³/mol. The van der Waals surface area contributed by atoms with Crippen LogP contribution in [0.25, 0.3) is 0 Å². The van der Waals surface area contributed by atoms with E-state index in [1.165, 1.54) is 24.3 Å². The van der Waals surface area contributed by atoms with Gasteiger partial charge in [-0.1, -0.05) is 11.6 Å². The van der Waals surface area contributed by atoms with Gasteiger partial charge in [-0.25, -0.2) is 8.42 Å². The molecule has 0 atom stereocenters. The van der Waals surface area contributed by atoms with Crippen molar-refractivity contribution in [3.05, 3.63) is 53.1 Å². The number of rotatable bonds is 4. The highest BCUT2D eigenvalue weighted by Gasteiger charge is 2.33. The van der Waals surface area contributed by atoms with Crippen molar-refractivity contribution in [2.75, 3.05) is 16.2 Å². The maximum atomic E-state index is 12.9. The summed E-state index contributed by atoms with van der Waals surface area (Å²) in [6.45, 7) is 0.564. The van der Waals surface area contributed by atoms with Crippen LogP contribution in [0.2, 0.25) is 5.02 Å². The SMILES string of the molecule is O=C1CCCN1c1ccc(S(=O)(=O)Nc2ccc(Cl)c(C(F)(F)F)c2)cc1. The summed E-state index contributed by atoms with van der Waals surface area (Å²) in [5.74, 6) is -0.0374. The van der Waals surface area contributed by atoms with Crippen molar-refractivity contribution in [2.45, 2.75) is 23.9 Å². The molecule has 3 rings (SSSR count). The first-order chi connectivity index (χ1) is 12.6. The Balaban J connectivity index is 1.84. The molecule has 1 heterocycles. The zero-order chi connectivity index (χ0) is 19.8. The molecule has 27 heavy (non-hydrogen) atoms. The maximum absolute atomic E-state index is 12.9. The van der Waals surface area contributed by atoms with Crippen LogP contribution in [-0.4, -0.2) is 20.9 Å². The van der Waals surface area contributed by atoms with E-state index in [9.17, 15) is 26.4 Å². The largest absolute Gasteiger partial charge is 0.417 e. The summed E-state index contributed by atoms with van der Waals surface area (Å²) >= 11 is 5.53. The minimum Gasteiger partial charge on any atom is -0.312 e. The van der Waals surface area contributed by atoms with Crippen LogP contribution in [0.15, 0.2) is 47.4 Å². The average molecular weight is 419 g/mol. The third-order valence-electron chi connectivity index (χ3n) is 4.06. The molecule has 2 aromatic rings. The molecule has 1 N–H and O–H groups in total. The first kappa shape index (κ1) is 19.5. The van der Waals surface area contributed by atoms with Gasteiger partial charge in [-0.3, -0.25) is 9.52 Å². The van der Waals surface area contributed by atoms with Gasteiger partial charge in [0.05, 0.1) is 15.5 Å². The molecule has 0 spiro atoms. The highest BCUT2D eigenvalue weighted by Crippen LogP contribution is 2.36. The molecule has 1 amide bonds. The van der Waals surface area contributed by atoms with Gasteiger partial charge in [-0.2, -0.15) is 13.2 Å². The third kappa shape index (κ3) is 4.19. The minimum absolute atomic E-state index is 0.0374. The molecule has 1 fully saturated rings. The summed E-state index contributed by atoms with van der Waals surface area (Å²) in [5.41, 5.74) is -0.819. The van der Waals surface area contributed by atoms with Crippen LogP contribution in [0.3, 0.4) is 0 Å². The zero-order valence-corrected chi connectivity index (χ0v) is 15.3. The summed E-state index contributed by atoms with van der Waals surface area (Å²) in [4.78, 5) is 13.1. The second-order valence-corrected chi connectivity index (χ2v) is 8.03. The van der Waals surface area contributed by atoms with Crippen molar-refractivity contribution in [1.29, 1.82) is 0 Å². The third-order valence-corrected chi connectivity index (χ3v) is 5.78. The van der Waals surface area contributed by atoms with E-state index in [1.807, 2.05) is 0 Å². The van der Waals surface area contributed by atoms with Crippen molar-refractivity contribution in [3.8, 4) is 0 Å². The molecule has 0 aliphatic carbocycles. The van der Waals surface area contributed by atoms with Gasteiger partial charge < -0.3 is 4.90 Å². The summed E-state index contributed by atoms with van der Waals surface area (Å²) in [7, 11) is -4.11. The molecule has 1 saturated heterocycles. The Kier molecular flexibility index (Phi) is 5.09. The number of amides is 1. The Morgan fingerprint density at radius 1 is 1.07 bits per heavy atom. The van der Waals surface area contributed by atoms with E-state index in [1.54, 1.807) is 4.90 Å². The topological polar surface area (TPSA) is 66.5 Å². The van der Waals surface area contributed by atoms with Crippen molar-refractivity contribution in [3.63, 3.8) is 0 Å². The monoisotopic (exact) mass is 418 g/mol. The lowest BCUT2D eigenvalue weighted by Gasteiger charge is -2.16. The van der Waals surface area contributed by atoms with Gasteiger partial charge in [-0.05, 0) is 48.9 Å². The minimum atomic E-state index is -4.71. The second-order valence-electron chi connectivity index (χ2n) is 5.94. The van der Waals surface area contributed by atoms with Crippen LogP contribution in [0.1, 0.15) is 18.4 Å². The molecular weight excluding hydrogens is 405 g/mol. The van der Waals surface area contributed by atoms with E-state index < -0.39 is 26.8 Å². The summed E-state index contributed by atoms with van der Waals surface area (Å²) in [5, 5.41) is -0.523. The molecule has 1 aliphatic rings. The number of carbonyl (C=O) groups excluding carboxylic acids is 1. The molecule has 0 unspecified atom stereocenters. The number of nitrogens with one attached hydrogen (secondary N) is 1. The van der Waals surface area contributed by atoms with E-state index >= 15 is 0 Å². The molecule has 0 radical (unpaired) electrons. The molecule has 5 nitrogen and oxygen atoms in total. The number of hydrogen-bond acceptors (Lipinski definition) is 3. The van der Waals surface area contributed by atoms with E-state index in [4.69, 9.17) is 11.6 Å². The van der Waals surface area contributed by atoms with Crippen LogP contribution in [0.4, 0.5) is 24.5 Å². The fourth-order valence-corrected chi connectivity index (χ4v) is 4.02. The van der Waals surface area contributed by atoms with E-state index in [2.05, 4.69) is 4.72 Å². The number of benzene rings is 2. The average Bonchev–Trinajstić information content (AvgIpc) is 3.01. The van der Waals surface area contributed by atoms with E-state index in [-0.39, 0.29) is 16.5 Å². The van der Waals surface area contributed by atoms with Crippen LogP contribution < -0.4 is 9.62 Å². The maximum Gasteiger partial charge on any atom is 0.417 e. The number of alkyl halides is 3. The van der Waals surface area contributed by atoms with E-state index in [0.29, 0.717) is 24.7 Å². The molecule has 10 heteroatoms. The number of carbonyl (C=O) groups is 1. The van der Waals surface area contributed by atoms with Gasteiger partial charge in [0.2, 0.25) is 5.91 Å². The van der Waals surface area contributed by atoms with Gasteiger partial charge in [0.1, 0.15) is 0 Å². The summed E-state index contributed by atoms with van der Waals surface area (Å²) in [6.07, 6.45) is -3.53. The molecular formula is C17H14ClF3N2O3S. The lowest BCUT2D eigenvalue weighted by Crippen LogP contribution is -2.23. The van der Waals surface area contributed by atoms with Gasteiger partial charge in [0, 0.05) is 24.3 Å². The molecule has 0 bridgehead atoms. The van der Waals surface area contributed by atoms with Crippen molar-refractivity contribution in [2.24, 2.45) is 0 Å². The van der Waals surface area contributed by atoms with Crippen molar-refractivity contribution < 1.29 is 26.4 Å². The van der Waals surface area contributed by atoms with Gasteiger partial charge >= 0.3 is 6.18 Å². The Morgan fingerprint density at radius 2 is 1.74 bits per heavy atom. The Bertz CT molecular complexity index is 976. The zero-order valence-electron chi connectivity index (χ0n) is 13.8. The second kappa shape index (κ2) is 7.05. The summed E-state index contributed by atoms with van der Waals surface area (Å²) in [6, 6.07) is 8.32. The standard InChI is InChI=1S/C17H14ClF3N2O3S/c18-15-8-3-11(10-14(15)17(19,20)21)22-27(25,26)13-6-4-12(5-7-13)23-9-1-2-16(23)24/h3-8,10,22H,1-2,9H2. The fraction of sp³-hybridized carbons (Fsp3) is 0.235. The van der Waals surface area contributed by atoms with Gasteiger partial charge in [0.15, 0.2) is 0 Å². The Hall–Kier alpha value is -2.26. The first-order valence-corrected chi connectivity index (χ1v) is 9.74. The lowest BCUT2D eigenvalue weighted by atomic mass is 10.2. The number of hydrogen-bond donors (Lipinski definition) is 1. The van der Waals surface area contributed by atoms with Crippen LogP contribution in [-0.2, 0) is 21.0 Å². The van der Waals surface area contributed by atoms with Crippen LogP contribution >= 0.6 is 11.6 Å². The van der Waals surface area contributed by atoms with E-state index in [0.717, 1.165) is 18.6 Å². The van der Waals surface area contributed by atoms with Crippen LogP contribution in [0.5, 0.6) is 0 Å². The molecule has 0 aromatic heterocycles. The highest BCUT2D eigenvalue weighted by molar-refractivity contribution is 7.92. The summed E-state index contributed by atoms with van der Waals surface area (Å²) < 4.78 is 65.7. The first-order valence-electron chi connectivity index (χ1n) is 7.88. The lowest BCUT2D eigenvalue weighted by molar-refractivity contribution is -0.137. The normalized spacial score (nSPS) is 15.3. The molecule has 0 saturated carbocycles. The highest BCUT2D eigenvalue weighted by atomic mass is 35.5. The molecule has 2 aromatic carbocycles. The smallest absolute Gasteiger partial charge is 0.312 e. The quantitative estimate of drug-likeness (QED) is 0.805. The predicted octanol–water partition coefficient (Wildman–Crippen LogP) is 4.29. The van der Waals surface area contributed by atoms with Crippen molar-refractivity contribution in [1.82, 2.24) is 0 Å². The van der Waals surface area contributed by atoms with Crippen LogP contribution in [0, 0.1) is 0 Å². The van der Waals surface area contributed by atoms with Gasteiger partial charge in [0.25, 0.3) is 10.0 Å². The number of nitrogens with zero attached hydrogens (tertiary/aromatic N) is 1. The Morgan fingerprint density at radius 3 is 2.30 bits per heavy atom. The van der Waals surface area contributed by atoms with Gasteiger partial charge in [-0.15, -0.1) is 0 Å². The number of anilines is 2. The number of halogens is 4. The van der Waals surface area contributed by atoms with Crippen molar-refractivity contribution >= 4 is 38.9 Å². The molecule has 1 aliphatic heterocycles. The Labute approximate surface area is 158 Å². The fourth-order valence-electron chi connectivity index (χ4n) is 2.75. The number of sulfonamides is 1. The molecule has 144 valence electrons.